The molecule has 0 heterocycles. The second-order valence-corrected chi connectivity index (χ2v) is 4.26. The topological polar surface area (TPSA) is 55.5 Å². The smallest absolute Gasteiger partial charge is 0.163 e. The highest BCUT2D eigenvalue weighted by atomic mass is 19.1. The largest absolute Gasteiger partial charge is 0.504 e. The second-order valence-electron chi connectivity index (χ2n) is 4.26. The van der Waals surface area contributed by atoms with Gasteiger partial charge in [-0.25, -0.2) is 4.39 Å². The number of benzene rings is 1. The minimum atomic E-state index is -0.431. The van der Waals surface area contributed by atoms with Crippen molar-refractivity contribution >= 4 is 0 Å². The molecule has 0 saturated heterocycles. The van der Waals surface area contributed by atoms with Crippen molar-refractivity contribution in [3.8, 4) is 11.5 Å². The summed E-state index contributed by atoms with van der Waals surface area (Å²) in [5.41, 5.74) is 6.46. The molecule has 0 amide bonds. The third kappa shape index (κ3) is 1.85. The first-order valence-electron chi connectivity index (χ1n) is 5.45. The molecule has 1 atom stereocenters. The van der Waals surface area contributed by atoms with Crippen LogP contribution >= 0.6 is 0 Å². The summed E-state index contributed by atoms with van der Waals surface area (Å²) in [5.74, 6) is 0.0184. The van der Waals surface area contributed by atoms with E-state index in [-0.39, 0.29) is 17.5 Å². The van der Waals surface area contributed by atoms with Gasteiger partial charge in [0.2, 0.25) is 0 Å². The standard InChI is InChI=1S/C12H16FNO2/c1-16-10-6-8(13)5-9(12(10)15)11(14)7-3-2-4-7/h5-7,11,15H,2-4,14H2,1H3/t11-/m0/s1. The molecule has 0 aliphatic heterocycles. The number of hydrogen-bond acceptors (Lipinski definition) is 3. The Labute approximate surface area is 94.0 Å². The number of phenols is 1. The minimum Gasteiger partial charge on any atom is -0.504 e. The highest BCUT2D eigenvalue weighted by Crippen LogP contribution is 2.42. The van der Waals surface area contributed by atoms with Crippen LogP contribution in [0.3, 0.4) is 0 Å². The van der Waals surface area contributed by atoms with E-state index in [1.807, 2.05) is 0 Å². The fraction of sp³-hybridized carbons (Fsp3) is 0.500. The number of aromatic hydroxyl groups is 1. The molecule has 2 rings (SSSR count). The van der Waals surface area contributed by atoms with Gasteiger partial charge in [0.15, 0.2) is 11.5 Å². The minimum absolute atomic E-state index is 0.0386. The number of halogens is 1. The average Bonchev–Trinajstić information content (AvgIpc) is 2.18. The first kappa shape index (κ1) is 11.2. The normalized spacial score (nSPS) is 17.9. The predicted octanol–water partition coefficient (Wildman–Crippen LogP) is 2.34. The quantitative estimate of drug-likeness (QED) is 0.830. The number of rotatable bonds is 3. The Morgan fingerprint density at radius 1 is 1.50 bits per heavy atom. The molecule has 1 saturated carbocycles. The molecule has 0 spiro atoms. The fourth-order valence-electron chi connectivity index (χ4n) is 2.06. The maximum Gasteiger partial charge on any atom is 0.163 e. The Hall–Kier alpha value is -1.29. The van der Waals surface area contributed by atoms with Crippen LogP contribution in [0.15, 0.2) is 12.1 Å². The first-order chi connectivity index (χ1) is 7.63. The Balaban J connectivity index is 2.34. The first-order valence-corrected chi connectivity index (χ1v) is 5.45. The summed E-state index contributed by atoms with van der Waals surface area (Å²) >= 11 is 0. The third-order valence-corrected chi connectivity index (χ3v) is 3.31. The van der Waals surface area contributed by atoms with Gasteiger partial charge in [0.25, 0.3) is 0 Å². The van der Waals surface area contributed by atoms with Gasteiger partial charge in [-0.2, -0.15) is 0 Å². The molecular weight excluding hydrogens is 209 g/mol. The Morgan fingerprint density at radius 3 is 2.69 bits per heavy atom. The summed E-state index contributed by atoms with van der Waals surface area (Å²) < 4.78 is 18.2. The average molecular weight is 225 g/mol. The van der Waals surface area contributed by atoms with Crippen molar-refractivity contribution in [3.63, 3.8) is 0 Å². The molecule has 0 bridgehead atoms. The highest BCUT2D eigenvalue weighted by molar-refractivity contribution is 5.47. The zero-order valence-corrected chi connectivity index (χ0v) is 9.24. The molecule has 1 aliphatic rings. The number of hydrogen-bond donors (Lipinski definition) is 2. The van der Waals surface area contributed by atoms with Crippen LogP contribution < -0.4 is 10.5 Å². The van der Waals surface area contributed by atoms with Crippen molar-refractivity contribution in [1.82, 2.24) is 0 Å². The molecule has 1 aromatic rings. The zero-order chi connectivity index (χ0) is 11.7. The summed E-state index contributed by atoms with van der Waals surface area (Å²) in [6.45, 7) is 0. The van der Waals surface area contributed by atoms with Crippen LogP contribution in [-0.4, -0.2) is 12.2 Å². The van der Waals surface area contributed by atoms with Crippen molar-refractivity contribution in [1.29, 1.82) is 0 Å². The molecule has 1 fully saturated rings. The lowest BCUT2D eigenvalue weighted by molar-refractivity contribution is 0.258. The SMILES string of the molecule is COc1cc(F)cc([C@@H](N)C2CCC2)c1O. The lowest BCUT2D eigenvalue weighted by atomic mass is 9.77. The zero-order valence-electron chi connectivity index (χ0n) is 9.24. The number of nitrogens with two attached hydrogens (primary N) is 1. The molecule has 0 unspecified atom stereocenters. The van der Waals surface area contributed by atoms with Gasteiger partial charge in [-0.1, -0.05) is 6.42 Å². The Kier molecular flexibility index (Phi) is 3.01. The van der Waals surface area contributed by atoms with Crippen LogP contribution in [0, 0.1) is 11.7 Å². The maximum atomic E-state index is 13.3. The molecular formula is C12H16FNO2. The molecule has 4 heteroatoms. The molecule has 3 nitrogen and oxygen atoms in total. The van der Waals surface area contributed by atoms with E-state index < -0.39 is 5.82 Å². The van der Waals surface area contributed by atoms with Gasteiger partial charge < -0.3 is 15.6 Å². The molecule has 1 aliphatic carbocycles. The molecule has 88 valence electrons. The number of phenolic OH excluding ortho intramolecular Hbond substituents is 1. The lowest BCUT2D eigenvalue weighted by Gasteiger charge is -2.31. The van der Waals surface area contributed by atoms with E-state index in [1.54, 1.807) is 0 Å². The maximum absolute atomic E-state index is 13.3. The Morgan fingerprint density at radius 2 is 2.19 bits per heavy atom. The van der Waals surface area contributed by atoms with Gasteiger partial charge in [-0.15, -0.1) is 0 Å². The van der Waals surface area contributed by atoms with E-state index >= 15 is 0 Å². The summed E-state index contributed by atoms with van der Waals surface area (Å²) in [5, 5.41) is 9.88. The van der Waals surface area contributed by atoms with Crippen LogP contribution in [0.1, 0.15) is 30.9 Å². The molecule has 16 heavy (non-hydrogen) atoms. The number of ether oxygens (including phenoxy) is 1. The Bertz CT molecular complexity index is 391. The van der Waals surface area contributed by atoms with Crippen molar-refractivity contribution < 1.29 is 14.2 Å². The van der Waals surface area contributed by atoms with E-state index in [0.717, 1.165) is 25.3 Å². The predicted molar refractivity (Wildman–Crippen MR) is 58.9 cm³/mol. The summed E-state index contributed by atoms with van der Waals surface area (Å²) in [6, 6.07) is 2.14. The van der Waals surface area contributed by atoms with Gasteiger partial charge in [-0.3, -0.25) is 0 Å². The molecule has 1 aromatic carbocycles. The molecule has 0 radical (unpaired) electrons. The van der Waals surface area contributed by atoms with Crippen molar-refractivity contribution in [2.75, 3.05) is 7.11 Å². The van der Waals surface area contributed by atoms with Crippen LogP contribution in [0.25, 0.3) is 0 Å². The third-order valence-electron chi connectivity index (χ3n) is 3.31. The summed E-state index contributed by atoms with van der Waals surface area (Å²) in [7, 11) is 1.40. The summed E-state index contributed by atoms with van der Waals surface area (Å²) in [6.07, 6.45) is 3.24. The fourth-order valence-corrected chi connectivity index (χ4v) is 2.06. The van der Waals surface area contributed by atoms with E-state index in [4.69, 9.17) is 10.5 Å². The van der Waals surface area contributed by atoms with E-state index in [2.05, 4.69) is 0 Å². The van der Waals surface area contributed by atoms with Crippen LogP contribution in [0.4, 0.5) is 4.39 Å². The second kappa shape index (κ2) is 4.29. The number of methoxy groups -OCH3 is 1. The van der Waals surface area contributed by atoms with Gasteiger partial charge >= 0.3 is 0 Å². The van der Waals surface area contributed by atoms with Crippen molar-refractivity contribution in [3.05, 3.63) is 23.5 Å². The lowest BCUT2D eigenvalue weighted by Crippen LogP contribution is -2.27. The van der Waals surface area contributed by atoms with Gasteiger partial charge in [-0.05, 0) is 24.8 Å². The van der Waals surface area contributed by atoms with E-state index in [1.165, 1.54) is 13.2 Å². The van der Waals surface area contributed by atoms with Crippen LogP contribution in [-0.2, 0) is 0 Å². The molecule has 0 aromatic heterocycles. The van der Waals surface area contributed by atoms with Crippen LogP contribution in [0.5, 0.6) is 11.5 Å². The van der Waals surface area contributed by atoms with Gasteiger partial charge in [0.1, 0.15) is 5.82 Å². The van der Waals surface area contributed by atoms with E-state index in [0.29, 0.717) is 11.5 Å². The van der Waals surface area contributed by atoms with Gasteiger partial charge in [0.05, 0.1) is 7.11 Å². The molecule has 3 N–H and O–H groups in total. The summed E-state index contributed by atoms with van der Waals surface area (Å²) in [4.78, 5) is 0. The van der Waals surface area contributed by atoms with Gasteiger partial charge in [0, 0.05) is 17.7 Å². The van der Waals surface area contributed by atoms with Crippen molar-refractivity contribution in [2.45, 2.75) is 25.3 Å². The van der Waals surface area contributed by atoms with Crippen LogP contribution in [0.2, 0.25) is 0 Å². The van der Waals surface area contributed by atoms with Crippen molar-refractivity contribution in [2.24, 2.45) is 11.7 Å². The van der Waals surface area contributed by atoms with E-state index in [9.17, 15) is 9.50 Å². The highest BCUT2D eigenvalue weighted by Gasteiger charge is 2.28. The monoisotopic (exact) mass is 225 g/mol.